The second kappa shape index (κ2) is 29.6. The average Bonchev–Trinajstić information content (AvgIpc) is 1.54. The molecule has 93 heavy (non-hydrogen) atoms. The summed E-state index contributed by atoms with van der Waals surface area (Å²) >= 11 is 0. The van der Waals surface area contributed by atoms with E-state index in [-0.39, 0.29) is 30.1 Å². The van der Waals surface area contributed by atoms with Gasteiger partial charge >= 0.3 is 42.6 Å². The van der Waals surface area contributed by atoms with Crippen LogP contribution in [0.3, 0.4) is 0 Å². The summed E-state index contributed by atoms with van der Waals surface area (Å²) < 4.78 is 162. The SMILES string of the molecule is CO[C@H]1CC2C=C[C@H]3[C@H]4O[C@]2(/C(C)=C/[C@@H](C)[C@@H]([C@@H](C)OC(=O)c2ccc(C[N+]56CC[N+](CCC[N+]78CC[NH+](CC7)CC8)(CC5)CC6)cc2)OC1=O)[C@@H]3[C@H](O)[C@@H](C)[C@H]4OC(=O)C1=CC=CC1.O=C([O-])C(F)(F)F.O=C([O-])C(F)(F)F.O=C([O-])C(F)(F)F.O=C([O-])C(F)(F)F. The van der Waals surface area contributed by atoms with Crippen molar-refractivity contribution in [2.24, 2.45) is 29.6 Å². The van der Waals surface area contributed by atoms with Crippen molar-refractivity contribution in [3.05, 3.63) is 83.0 Å². The highest BCUT2D eigenvalue weighted by Crippen LogP contribution is 2.61. The number of hydrogen-bond acceptors (Lipinski definition) is 17. The normalized spacial score (nSPS) is 34.0. The van der Waals surface area contributed by atoms with Gasteiger partial charge in [0.25, 0.3) is 0 Å². The van der Waals surface area contributed by atoms with Crippen molar-refractivity contribution in [3.63, 3.8) is 0 Å². The van der Waals surface area contributed by atoms with Crippen LogP contribution in [-0.4, -0.2) is 226 Å². The second-order valence-electron chi connectivity index (χ2n) is 25.0. The van der Waals surface area contributed by atoms with E-state index in [1.165, 1.54) is 120 Å². The maximum absolute atomic E-state index is 14.0. The minimum Gasteiger partial charge on any atom is -0.542 e. The number of ether oxygens (including phenoxy) is 5. The molecule has 2 N–H and O–H groups in total. The Hall–Kier alpha value is -6.65. The molecule has 1 aromatic rings. The number of nitrogens with zero attached hydrogens (tertiary/aromatic N) is 3. The summed E-state index contributed by atoms with van der Waals surface area (Å²) in [4.78, 5) is 78.0. The number of hydrogen-bond donors (Lipinski definition) is 2. The predicted molar refractivity (Wildman–Crippen MR) is 286 cm³/mol. The molecule has 0 amide bonds. The number of fused-ring (bicyclic) bond motifs is 6. The monoisotopic (exact) mass is 1350 g/mol. The van der Waals surface area contributed by atoms with Gasteiger partial charge in [0.15, 0.2) is 6.10 Å². The van der Waals surface area contributed by atoms with Gasteiger partial charge in [-0.15, -0.1) is 0 Å². The van der Waals surface area contributed by atoms with Crippen molar-refractivity contribution in [1.29, 1.82) is 0 Å². The number of carbonyl (C=O) groups is 7. The summed E-state index contributed by atoms with van der Waals surface area (Å²) in [5.41, 5.74) is 2.18. The number of aliphatic hydroxyl groups excluding tert-OH is 1. The summed E-state index contributed by atoms with van der Waals surface area (Å²) in [6.07, 6.45) is -11.5. The molecule has 0 aromatic heterocycles. The fourth-order valence-corrected chi connectivity index (χ4v) is 14.2. The van der Waals surface area contributed by atoms with E-state index < -0.39 is 115 Å². The molecule has 8 heterocycles. The van der Waals surface area contributed by atoms with Crippen LogP contribution in [0.5, 0.6) is 0 Å². The van der Waals surface area contributed by atoms with Crippen LogP contribution in [-0.2, 0) is 59.0 Å². The van der Waals surface area contributed by atoms with E-state index in [4.69, 9.17) is 63.3 Å². The molecule has 8 aliphatic heterocycles. The van der Waals surface area contributed by atoms with E-state index >= 15 is 0 Å². The topological polar surface area (TPSA) is 283 Å². The molecule has 1 unspecified atom stereocenters. The van der Waals surface area contributed by atoms with Crippen LogP contribution >= 0.6 is 0 Å². The third-order valence-electron chi connectivity index (χ3n) is 19.3. The number of halogens is 12. The second-order valence-corrected chi connectivity index (χ2v) is 25.0. The average molecular weight is 1350 g/mol. The molecule has 11 aliphatic rings. The molecule has 1 aromatic carbocycles. The smallest absolute Gasteiger partial charge is 0.430 e. The van der Waals surface area contributed by atoms with Crippen molar-refractivity contribution in [2.45, 2.75) is 120 Å². The summed E-state index contributed by atoms with van der Waals surface area (Å²) in [5.74, 6) is -15.1. The maximum atomic E-state index is 14.0. The molecule has 12 atom stereocenters. The number of allylic oxidation sites excluding steroid dienone is 3. The Morgan fingerprint density at radius 1 is 0.720 bits per heavy atom. The molecule has 0 radical (unpaired) electrons. The lowest BCUT2D eigenvalue weighted by Crippen LogP contribution is -3.19. The Kier molecular flexibility index (Phi) is 24.0. The number of nitrogens with one attached hydrogen (secondary N) is 1. The molecular weight excluding hydrogens is 1280 g/mol. The zero-order chi connectivity index (χ0) is 69.6. The molecule has 21 nitrogen and oxygen atoms in total. The molecule has 1 spiro atoms. The van der Waals surface area contributed by atoms with Crippen LogP contribution in [0.1, 0.15) is 62.9 Å². The molecule has 3 aliphatic carbocycles. The van der Waals surface area contributed by atoms with Crippen molar-refractivity contribution in [3.8, 4) is 0 Å². The number of quaternary nitrogens is 4. The van der Waals surface area contributed by atoms with E-state index in [9.17, 15) is 72.2 Å². The van der Waals surface area contributed by atoms with Crippen LogP contribution in [0.15, 0.2) is 71.9 Å². The molecule has 1 saturated carbocycles. The largest absolute Gasteiger partial charge is 0.542 e. The fraction of sp³-hybridized carbons (Fsp3) is 0.650. The lowest BCUT2D eigenvalue weighted by Gasteiger charge is -2.56. The lowest BCUT2D eigenvalue weighted by molar-refractivity contribution is -1.09. The fourth-order valence-electron chi connectivity index (χ4n) is 14.2. The first-order valence-corrected chi connectivity index (χ1v) is 29.9. The quantitative estimate of drug-likeness (QED) is 0.0915. The predicted octanol–water partition coefficient (Wildman–Crippen LogP) is -0.0163. The Morgan fingerprint density at radius 2 is 1.19 bits per heavy atom. The molecule has 7 saturated heterocycles. The van der Waals surface area contributed by atoms with Crippen molar-refractivity contribution in [1.82, 2.24) is 0 Å². The molecule has 12 rings (SSSR count). The highest BCUT2D eigenvalue weighted by Gasteiger charge is 2.69. The first-order valence-electron chi connectivity index (χ1n) is 29.9. The number of benzene rings is 1. The van der Waals surface area contributed by atoms with Crippen molar-refractivity contribution >= 4 is 41.8 Å². The van der Waals surface area contributed by atoms with Gasteiger partial charge in [-0.05, 0) is 44.4 Å². The van der Waals surface area contributed by atoms with Gasteiger partial charge in [-0.3, -0.25) is 0 Å². The zero-order valence-corrected chi connectivity index (χ0v) is 51.2. The maximum Gasteiger partial charge on any atom is 0.430 e. The Balaban J connectivity index is 0.000000409. The van der Waals surface area contributed by atoms with E-state index in [2.05, 4.69) is 30.4 Å². The number of methoxy groups -OCH3 is 1. The first-order chi connectivity index (χ1) is 43.0. The number of rotatable bonds is 12. The van der Waals surface area contributed by atoms with Crippen molar-refractivity contribution in [2.75, 3.05) is 98.7 Å². The van der Waals surface area contributed by atoms with Gasteiger partial charge in [-0.25, -0.2) is 14.4 Å². The number of carboxylic acids is 4. The summed E-state index contributed by atoms with van der Waals surface area (Å²) in [5, 5.41) is 47.3. The van der Waals surface area contributed by atoms with Crippen LogP contribution in [0.2, 0.25) is 0 Å². The summed E-state index contributed by atoms with van der Waals surface area (Å²) in [6, 6.07) is 7.91. The van der Waals surface area contributed by atoms with E-state index in [0.29, 0.717) is 17.6 Å². The molecular formula is C60H74F12N4O17. The van der Waals surface area contributed by atoms with Crippen LogP contribution in [0.25, 0.3) is 0 Å². The minimum absolute atomic E-state index is 0.204. The van der Waals surface area contributed by atoms with E-state index in [0.717, 1.165) is 16.6 Å². The van der Waals surface area contributed by atoms with Crippen LogP contribution in [0, 0.1) is 29.6 Å². The van der Waals surface area contributed by atoms with Gasteiger partial charge in [0.05, 0.1) is 24.8 Å². The number of carboxylic acid groups (broad SMARTS) is 4. The molecule has 33 heteroatoms. The van der Waals surface area contributed by atoms with Gasteiger partial charge in [0, 0.05) is 54.3 Å². The number of piperazine rings is 6. The van der Waals surface area contributed by atoms with Crippen molar-refractivity contribution < 1.29 is 154 Å². The Labute approximate surface area is 526 Å². The zero-order valence-electron chi connectivity index (χ0n) is 51.2. The van der Waals surface area contributed by atoms with E-state index in [1.54, 1.807) is 13.0 Å². The number of alkyl halides is 12. The number of carbonyl (C=O) groups excluding carboxylic acids is 7. The summed E-state index contributed by atoms with van der Waals surface area (Å²) in [6.45, 7) is 27.1. The number of aliphatic hydroxyl groups is 1. The third kappa shape index (κ3) is 18.2. The molecule has 8 bridgehead atoms. The van der Waals surface area contributed by atoms with Gasteiger partial charge < -0.3 is 86.7 Å². The number of cyclic esters (lactones) is 1. The highest BCUT2D eigenvalue weighted by molar-refractivity contribution is 5.90. The van der Waals surface area contributed by atoms with Crippen LogP contribution in [0.4, 0.5) is 52.7 Å². The van der Waals surface area contributed by atoms with E-state index in [1.807, 2.05) is 50.0 Å². The van der Waals surface area contributed by atoms with Gasteiger partial charge in [-0.1, -0.05) is 62.4 Å². The van der Waals surface area contributed by atoms with Gasteiger partial charge in [0.2, 0.25) is 0 Å². The number of aliphatic carboxylic acids is 4. The van der Waals surface area contributed by atoms with Gasteiger partial charge in [-0.2, -0.15) is 52.7 Å². The molecule has 520 valence electrons. The molecule has 8 fully saturated rings. The standard InChI is InChI=1S/C52H73N4O9.4C2HF3O2/c1-34-31-35(2)52-41(15-16-42-44(52)45(57)36(3)47(48(42)65-52)64-50(59)39-9-6-7-10-39)32-43(61-5)51(60)63-46(34)37(4)62-49(58)40-13-11-38(12-14-40)33-56-28-25-55(26-29-56,27-30-56)21-8-20-54-22-17-53(18-23-54)19-24-54;4*3-2(4,5)1(6)7/h6-7,9,11-16,31,34,36-37,41-48,57H,8,10,17-30,32-33H2,1-5H3;4*(H,6,7)/q+3;;;;/p-3/b35-31+;;;;/t34-,36-,37-,41?,42-,43+,44+,45-,46+,47-,48-,52+,55?,56?;;;;/m1..../s1. The lowest BCUT2D eigenvalue weighted by atomic mass is 9.57. The summed E-state index contributed by atoms with van der Waals surface area (Å²) in [7, 11) is 1.49. The Bertz CT molecular complexity index is 2860. The van der Waals surface area contributed by atoms with Gasteiger partial charge in [0.1, 0.15) is 139 Å². The highest BCUT2D eigenvalue weighted by atomic mass is 19.4. The first kappa shape index (κ1) is 75.4. The number of esters is 3. The van der Waals surface area contributed by atoms with Crippen LogP contribution < -0.4 is 25.3 Å². The minimum atomic E-state index is -5.19. The Morgan fingerprint density at radius 3 is 1.65 bits per heavy atom. The third-order valence-corrected chi connectivity index (χ3v) is 19.3.